The molecule has 1 heterocycles. The molecule has 1 aromatic carbocycles. The van der Waals surface area contributed by atoms with Crippen LogP contribution in [0.2, 0.25) is 0 Å². The average Bonchev–Trinajstić information content (AvgIpc) is 2.46. The van der Waals surface area contributed by atoms with Gasteiger partial charge in [0.1, 0.15) is 0 Å². The lowest BCUT2D eigenvalue weighted by Crippen LogP contribution is -2.47. The number of nitrogens with zero attached hydrogens (tertiary/aromatic N) is 1. The van der Waals surface area contributed by atoms with Gasteiger partial charge in [0.05, 0.1) is 0 Å². The Morgan fingerprint density at radius 1 is 1.37 bits per heavy atom. The van der Waals surface area contributed by atoms with Crippen molar-refractivity contribution >= 4 is 22.6 Å². The van der Waals surface area contributed by atoms with E-state index in [1.807, 2.05) is 0 Å². The lowest BCUT2D eigenvalue weighted by Gasteiger charge is -2.42. The maximum Gasteiger partial charge on any atom is 0.0323 e. The van der Waals surface area contributed by atoms with Crippen molar-refractivity contribution in [2.75, 3.05) is 13.1 Å². The normalized spacial score (nSPS) is 26.3. The first-order chi connectivity index (χ1) is 9.15. The summed E-state index contributed by atoms with van der Waals surface area (Å²) in [4.78, 5) is 2.61. The van der Waals surface area contributed by atoms with Crippen LogP contribution in [0.4, 0.5) is 0 Å². The molecule has 2 nitrogen and oxygen atoms in total. The lowest BCUT2D eigenvalue weighted by molar-refractivity contribution is 0.0773. The second-order valence-electron chi connectivity index (χ2n) is 5.65. The number of benzene rings is 1. The van der Waals surface area contributed by atoms with E-state index >= 15 is 0 Å². The zero-order valence-electron chi connectivity index (χ0n) is 12.0. The Morgan fingerprint density at radius 2 is 2.05 bits per heavy atom. The highest BCUT2D eigenvalue weighted by Crippen LogP contribution is 2.32. The highest BCUT2D eigenvalue weighted by atomic mass is 127. The van der Waals surface area contributed by atoms with Gasteiger partial charge in [-0.3, -0.25) is 4.90 Å². The topological polar surface area (TPSA) is 29.3 Å². The molecule has 106 valence electrons. The van der Waals surface area contributed by atoms with Crippen LogP contribution in [0.25, 0.3) is 0 Å². The Labute approximate surface area is 130 Å². The molecule has 0 spiro atoms. The maximum atomic E-state index is 6.01. The first-order valence-electron chi connectivity index (χ1n) is 7.37. The van der Waals surface area contributed by atoms with Gasteiger partial charge in [0.25, 0.3) is 0 Å². The second kappa shape index (κ2) is 7.04. The summed E-state index contributed by atoms with van der Waals surface area (Å²) in [5.74, 6) is 0.869. The Hall–Kier alpha value is -0.130. The van der Waals surface area contributed by atoms with Crippen LogP contribution >= 0.6 is 22.6 Å². The van der Waals surface area contributed by atoms with Crippen molar-refractivity contribution in [1.82, 2.24) is 4.90 Å². The molecule has 1 aromatic rings. The fourth-order valence-electron chi connectivity index (χ4n) is 3.20. The molecule has 3 atom stereocenters. The van der Waals surface area contributed by atoms with Crippen LogP contribution in [-0.4, -0.2) is 24.0 Å². The largest absolute Gasteiger partial charge is 0.329 e. The number of rotatable bonds is 4. The summed E-state index contributed by atoms with van der Waals surface area (Å²) in [6.45, 7) is 6.59. The molecule has 0 aliphatic carbocycles. The minimum absolute atomic E-state index is 0.475. The van der Waals surface area contributed by atoms with Gasteiger partial charge in [0.2, 0.25) is 0 Å². The summed E-state index contributed by atoms with van der Waals surface area (Å²) in [5, 5.41) is 0. The third-order valence-electron chi connectivity index (χ3n) is 4.57. The summed E-state index contributed by atoms with van der Waals surface area (Å²) in [7, 11) is 0. The van der Waals surface area contributed by atoms with E-state index in [4.69, 9.17) is 5.73 Å². The van der Waals surface area contributed by atoms with Gasteiger partial charge >= 0.3 is 0 Å². The van der Waals surface area contributed by atoms with Crippen molar-refractivity contribution < 1.29 is 0 Å². The molecule has 0 amide bonds. The number of nitrogens with two attached hydrogens (primary N) is 1. The predicted molar refractivity (Wildman–Crippen MR) is 90.1 cm³/mol. The van der Waals surface area contributed by atoms with Gasteiger partial charge in [0, 0.05) is 22.2 Å². The summed E-state index contributed by atoms with van der Waals surface area (Å²) < 4.78 is 1.30. The van der Waals surface area contributed by atoms with Crippen LogP contribution in [0, 0.1) is 9.49 Å². The Kier molecular flexibility index (Phi) is 5.66. The molecule has 1 aliphatic heterocycles. The molecule has 3 unspecified atom stereocenters. The first-order valence-corrected chi connectivity index (χ1v) is 8.44. The molecule has 19 heavy (non-hydrogen) atoms. The predicted octanol–water partition coefficient (Wildman–Crippen LogP) is 3.80. The van der Waals surface area contributed by atoms with E-state index in [2.05, 4.69) is 65.6 Å². The summed E-state index contributed by atoms with van der Waals surface area (Å²) in [6, 6.07) is 9.93. The van der Waals surface area contributed by atoms with Crippen molar-refractivity contribution in [1.29, 1.82) is 0 Å². The molecule has 1 saturated heterocycles. The van der Waals surface area contributed by atoms with Crippen LogP contribution in [0.5, 0.6) is 0 Å². The molecule has 1 aliphatic rings. The lowest BCUT2D eigenvalue weighted by atomic mass is 9.87. The zero-order valence-corrected chi connectivity index (χ0v) is 14.1. The third-order valence-corrected chi connectivity index (χ3v) is 5.29. The summed E-state index contributed by atoms with van der Waals surface area (Å²) in [6.07, 6.45) is 3.88. The smallest absolute Gasteiger partial charge is 0.0323 e. The minimum Gasteiger partial charge on any atom is -0.329 e. The van der Waals surface area contributed by atoms with Gasteiger partial charge in [-0.2, -0.15) is 0 Å². The molecule has 0 bridgehead atoms. The highest BCUT2D eigenvalue weighted by Gasteiger charge is 2.30. The molecule has 2 N–H and O–H groups in total. The van der Waals surface area contributed by atoms with Crippen molar-refractivity contribution in [2.24, 2.45) is 11.7 Å². The molecule has 0 saturated carbocycles. The van der Waals surface area contributed by atoms with E-state index in [9.17, 15) is 0 Å². The van der Waals surface area contributed by atoms with E-state index in [0.717, 1.165) is 12.5 Å². The highest BCUT2D eigenvalue weighted by molar-refractivity contribution is 14.1. The van der Waals surface area contributed by atoms with Crippen LogP contribution < -0.4 is 5.73 Å². The monoisotopic (exact) mass is 372 g/mol. The van der Waals surface area contributed by atoms with Crippen LogP contribution in [0.15, 0.2) is 24.3 Å². The van der Waals surface area contributed by atoms with E-state index in [-0.39, 0.29) is 0 Å². The summed E-state index contributed by atoms with van der Waals surface area (Å²) in [5.41, 5.74) is 7.42. The fourth-order valence-corrected chi connectivity index (χ4v) is 3.56. The van der Waals surface area contributed by atoms with Crippen molar-refractivity contribution in [3.05, 3.63) is 33.4 Å². The SMILES string of the molecule is CCC1CCN(C(C)c2ccc(I)cc2)C(CN)C1. The zero-order chi connectivity index (χ0) is 13.8. The molecular formula is C16H25IN2. The minimum atomic E-state index is 0.475. The van der Waals surface area contributed by atoms with Gasteiger partial charge in [-0.1, -0.05) is 25.5 Å². The van der Waals surface area contributed by atoms with E-state index in [1.165, 1.54) is 34.9 Å². The van der Waals surface area contributed by atoms with Crippen molar-refractivity contribution in [2.45, 2.75) is 45.2 Å². The molecule has 2 rings (SSSR count). The quantitative estimate of drug-likeness (QED) is 0.815. The molecule has 0 radical (unpaired) electrons. The van der Waals surface area contributed by atoms with Crippen LogP contribution in [0.3, 0.4) is 0 Å². The first kappa shape index (κ1) is 15.3. The van der Waals surface area contributed by atoms with Gasteiger partial charge in [-0.15, -0.1) is 0 Å². The van der Waals surface area contributed by atoms with Crippen molar-refractivity contribution in [3.8, 4) is 0 Å². The standard InChI is InChI=1S/C16H25IN2/c1-3-13-8-9-19(16(10-13)11-18)12(2)14-4-6-15(17)7-5-14/h4-7,12-13,16H,3,8-11,18H2,1-2H3. The number of hydrogen-bond acceptors (Lipinski definition) is 2. The van der Waals surface area contributed by atoms with Gasteiger partial charge in [0.15, 0.2) is 0 Å². The van der Waals surface area contributed by atoms with E-state index in [1.54, 1.807) is 0 Å². The average molecular weight is 372 g/mol. The number of likely N-dealkylation sites (tertiary alicyclic amines) is 1. The number of piperidine rings is 1. The van der Waals surface area contributed by atoms with Gasteiger partial charge < -0.3 is 5.73 Å². The molecule has 3 heteroatoms. The summed E-state index contributed by atoms with van der Waals surface area (Å²) >= 11 is 2.36. The second-order valence-corrected chi connectivity index (χ2v) is 6.90. The van der Waals surface area contributed by atoms with Gasteiger partial charge in [-0.05, 0) is 72.5 Å². The van der Waals surface area contributed by atoms with Crippen LogP contribution in [-0.2, 0) is 0 Å². The number of halogens is 1. The Balaban J connectivity index is 2.09. The van der Waals surface area contributed by atoms with Crippen molar-refractivity contribution in [3.63, 3.8) is 0 Å². The molecule has 0 aromatic heterocycles. The fraction of sp³-hybridized carbons (Fsp3) is 0.625. The van der Waals surface area contributed by atoms with E-state index < -0.39 is 0 Å². The third kappa shape index (κ3) is 3.70. The van der Waals surface area contributed by atoms with Gasteiger partial charge in [-0.25, -0.2) is 0 Å². The maximum absolute atomic E-state index is 6.01. The Morgan fingerprint density at radius 3 is 2.63 bits per heavy atom. The van der Waals surface area contributed by atoms with Crippen LogP contribution in [0.1, 0.15) is 44.7 Å². The van der Waals surface area contributed by atoms with E-state index in [0.29, 0.717) is 12.1 Å². The Bertz CT molecular complexity index is 390. The molecule has 1 fully saturated rings. The molecular weight excluding hydrogens is 347 g/mol. The number of hydrogen-bond donors (Lipinski definition) is 1.